The third-order valence-electron chi connectivity index (χ3n) is 0.895. The molecule has 1 aromatic carbocycles. The Kier molecular flexibility index (Phi) is 7.75. The number of nitrogens with zero attached hydrogens (tertiary/aromatic N) is 1. The smallest absolute Gasteiger partial charge is 1.00 e. The molecule has 52 valence electrons. The second kappa shape index (κ2) is 6.41. The molecule has 0 fully saturated rings. The number of nitriles is 1. The Morgan fingerprint density at radius 3 is 2.45 bits per heavy atom. The molecule has 0 heterocycles. The van der Waals surface area contributed by atoms with Gasteiger partial charge in [0.1, 0.15) is 0 Å². The molecule has 0 aliphatic carbocycles. The van der Waals surface area contributed by atoms with Crippen molar-refractivity contribution in [3.8, 4) is 6.07 Å². The molecule has 1 aromatic rings. The van der Waals surface area contributed by atoms with E-state index < -0.39 is 0 Å². The van der Waals surface area contributed by atoms with Crippen LogP contribution in [-0.4, -0.2) is 23.1 Å². The minimum absolute atomic E-state index is 0. The molecule has 0 unspecified atom stereocenters. The summed E-state index contributed by atoms with van der Waals surface area (Å²) in [4.78, 5) is 0. The SMILES string of the molecule is N#Cc1[c-]cc(F)cc1.[Cl-].[Mg+2]. The Bertz CT molecular complexity index is 242. The summed E-state index contributed by atoms with van der Waals surface area (Å²) in [5, 5.41) is 8.22. The zero-order chi connectivity index (χ0) is 6.69. The molecule has 0 amide bonds. The number of benzene rings is 1. The minimum atomic E-state index is -0.367. The van der Waals surface area contributed by atoms with Crippen LogP contribution in [0.15, 0.2) is 18.2 Å². The second-order valence-electron chi connectivity index (χ2n) is 1.53. The van der Waals surface area contributed by atoms with E-state index in [0.29, 0.717) is 5.56 Å². The molecule has 0 aliphatic rings. The van der Waals surface area contributed by atoms with E-state index in [4.69, 9.17) is 5.26 Å². The predicted octanol–water partition coefficient (Wildman–Crippen LogP) is -1.88. The van der Waals surface area contributed by atoms with Crippen molar-refractivity contribution < 1.29 is 16.8 Å². The van der Waals surface area contributed by atoms with Crippen molar-refractivity contribution in [2.75, 3.05) is 0 Å². The summed E-state index contributed by atoms with van der Waals surface area (Å²) in [6.45, 7) is 0. The van der Waals surface area contributed by atoms with Gasteiger partial charge in [-0.2, -0.15) is 0 Å². The van der Waals surface area contributed by atoms with E-state index in [9.17, 15) is 4.39 Å². The molecule has 0 aliphatic heterocycles. The molecule has 1 rings (SSSR count). The van der Waals surface area contributed by atoms with Gasteiger partial charge in [0.05, 0.1) is 0 Å². The molecule has 0 saturated carbocycles. The Labute approximate surface area is 86.8 Å². The van der Waals surface area contributed by atoms with Gasteiger partial charge in [0.25, 0.3) is 0 Å². The molecule has 0 saturated heterocycles. The van der Waals surface area contributed by atoms with Crippen LogP contribution < -0.4 is 12.4 Å². The molecule has 4 heteroatoms. The third-order valence-corrected chi connectivity index (χ3v) is 0.895. The van der Waals surface area contributed by atoms with Gasteiger partial charge in [-0.15, -0.1) is 24.3 Å². The van der Waals surface area contributed by atoms with Crippen LogP contribution in [0.2, 0.25) is 0 Å². The van der Waals surface area contributed by atoms with Crippen LogP contribution >= 0.6 is 0 Å². The first kappa shape index (κ1) is 13.3. The van der Waals surface area contributed by atoms with Crippen LogP contribution in [0.3, 0.4) is 0 Å². The predicted molar refractivity (Wildman–Crippen MR) is 35.7 cm³/mol. The molecule has 0 radical (unpaired) electrons. The average molecular weight is 180 g/mol. The van der Waals surface area contributed by atoms with Gasteiger partial charge in [-0.05, 0) is 6.07 Å². The van der Waals surface area contributed by atoms with Crippen LogP contribution in [0, 0.1) is 23.2 Å². The van der Waals surface area contributed by atoms with Crippen molar-refractivity contribution in [3.63, 3.8) is 0 Å². The summed E-state index contributed by atoms with van der Waals surface area (Å²) >= 11 is 0. The summed E-state index contributed by atoms with van der Waals surface area (Å²) in [6, 6.07) is 8.04. The van der Waals surface area contributed by atoms with E-state index in [0.717, 1.165) is 6.07 Å². The van der Waals surface area contributed by atoms with Crippen molar-refractivity contribution in [2.45, 2.75) is 0 Å². The number of halogens is 2. The van der Waals surface area contributed by atoms with Gasteiger partial charge in [-0.1, -0.05) is 5.56 Å². The van der Waals surface area contributed by atoms with Gasteiger partial charge in [-0.3, -0.25) is 9.65 Å². The van der Waals surface area contributed by atoms with Crippen molar-refractivity contribution in [1.82, 2.24) is 0 Å². The zero-order valence-corrected chi connectivity index (χ0v) is 7.81. The first-order valence-corrected chi connectivity index (χ1v) is 2.40. The molecule has 0 atom stereocenters. The van der Waals surface area contributed by atoms with E-state index in [1.54, 1.807) is 0 Å². The summed E-state index contributed by atoms with van der Waals surface area (Å²) in [5.74, 6) is -0.367. The van der Waals surface area contributed by atoms with Gasteiger partial charge in [0.15, 0.2) is 0 Å². The first-order valence-electron chi connectivity index (χ1n) is 2.40. The Hall–Kier alpha value is -0.304. The van der Waals surface area contributed by atoms with Crippen LogP contribution in [0.5, 0.6) is 0 Å². The van der Waals surface area contributed by atoms with E-state index in [-0.39, 0.29) is 41.3 Å². The fourth-order valence-electron chi connectivity index (χ4n) is 0.475. The number of hydrogen-bond donors (Lipinski definition) is 0. The number of hydrogen-bond acceptors (Lipinski definition) is 1. The Balaban J connectivity index is 0. The maximum absolute atomic E-state index is 12.1. The van der Waals surface area contributed by atoms with E-state index in [2.05, 4.69) is 6.07 Å². The molecule has 11 heavy (non-hydrogen) atoms. The summed E-state index contributed by atoms with van der Waals surface area (Å²) in [7, 11) is 0. The minimum Gasteiger partial charge on any atom is -1.00 e. The Morgan fingerprint density at radius 2 is 2.09 bits per heavy atom. The van der Waals surface area contributed by atoms with Crippen molar-refractivity contribution in [2.24, 2.45) is 0 Å². The van der Waals surface area contributed by atoms with Crippen LogP contribution in [0.25, 0.3) is 0 Å². The molecular formula is C7H3ClFMgN. The Morgan fingerprint density at radius 1 is 1.45 bits per heavy atom. The molecular weight excluding hydrogens is 177 g/mol. The van der Waals surface area contributed by atoms with Gasteiger partial charge >= 0.3 is 23.1 Å². The standard InChI is InChI=1S/C7H3FN.ClH.Mg/c8-7-3-1-6(5-9)2-4-7;;/h1,3-4H;1H;/q-1;;+2/p-1. The van der Waals surface area contributed by atoms with Gasteiger partial charge in [0.2, 0.25) is 0 Å². The third kappa shape index (κ3) is 4.20. The molecule has 0 bridgehead atoms. The van der Waals surface area contributed by atoms with Crippen LogP contribution in [0.1, 0.15) is 5.56 Å². The molecule has 1 nitrogen and oxygen atoms in total. The fourth-order valence-corrected chi connectivity index (χ4v) is 0.475. The molecule has 0 spiro atoms. The van der Waals surface area contributed by atoms with E-state index in [1.165, 1.54) is 12.1 Å². The summed E-state index contributed by atoms with van der Waals surface area (Å²) < 4.78 is 12.1. The summed E-state index contributed by atoms with van der Waals surface area (Å²) in [5.41, 5.74) is 0.358. The van der Waals surface area contributed by atoms with Crippen molar-refractivity contribution >= 4 is 23.1 Å². The van der Waals surface area contributed by atoms with Crippen LogP contribution in [0.4, 0.5) is 4.39 Å². The van der Waals surface area contributed by atoms with Gasteiger partial charge < -0.3 is 12.4 Å². The monoisotopic (exact) mass is 179 g/mol. The van der Waals surface area contributed by atoms with Crippen LogP contribution in [-0.2, 0) is 0 Å². The van der Waals surface area contributed by atoms with E-state index >= 15 is 0 Å². The maximum Gasteiger partial charge on any atom is 2.00 e. The van der Waals surface area contributed by atoms with Crippen molar-refractivity contribution in [1.29, 1.82) is 5.26 Å². The average Bonchev–Trinajstić information content (AvgIpc) is 1.90. The number of rotatable bonds is 0. The quantitative estimate of drug-likeness (QED) is 0.338. The van der Waals surface area contributed by atoms with Gasteiger partial charge in [-0.25, -0.2) is 0 Å². The maximum atomic E-state index is 12.1. The normalized spacial score (nSPS) is 6.91. The zero-order valence-electron chi connectivity index (χ0n) is 5.64. The second-order valence-corrected chi connectivity index (χ2v) is 1.53. The fraction of sp³-hybridized carbons (Fsp3) is 0. The molecule has 0 N–H and O–H groups in total. The first-order chi connectivity index (χ1) is 4.33. The summed E-state index contributed by atoms with van der Waals surface area (Å²) in [6.07, 6.45) is 0. The largest absolute Gasteiger partial charge is 2.00 e. The van der Waals surface area contributed by atoms with Gasteiger partial charge in [0, 0.05) is 5.82 Å². The van der Waals surface area contributed by atoms with E-state index in [1.807, 2.05) is 6.07 Å². The van der Waals surface area contributed by atoms with Crippen molar-refractivity contribution in [3.05, 3.63) is 35.6 Å². The molecule has 0 aromatic heterocycles. The topological polar surface area (TPSA) is 23.8 Å².